The molecule has 94 valence electrons. The van der Waals surface area contributed by atoms with Gasteiger partial charge in [-0.05, 0) is 17.7 Å². The molecule has 0 aliphatic heterocycles. The highest BCUT2D eigenvalue weighted by Crippen LogP contribution is 2.12. The van der Waals surface area contributed by atoms with Crippen LogP contribution in [0.1, 0.15) is 5.56 Å². The minimum Gasteiger partial charge on any atom is -0.399 e. The number of nitrogens with one attached hydrogen (secondary N) is 2. The number of urea groups is 1. The topological polar surface area (TPSA) is 67.1 Å². The van der Waals surface area contributed by atoms with Gasteiger partial charge in [-0.3, -0.25) is 0 Å². The Hall–Kier alpha value is -1.92. The molecule has 0 spiro atoms. The second kappa shape index (κ2) is 5.42. The zero-order chi connectivity index (χ0) is 12.9. The molecule has 4 N–H and O–H groups in total. The summed E-state index contributed by atoms with van der Waals surface area (Å²) in [6.45, 7) is -1.23. The van der Waals surface area contributed by atoms with Gasteiger partial charge < -0.3 is 16.4 Å². The third-order valence-corrected chi connectivity index (χ3v) is 1.85. The second-order valence-electron chi connectivity index (χ2n) is 3.40. The summed E-state index contributed by atoms with van der Waals surface area (Å²) in [7, 11) is 0. The zero-order valence-corrected chi connectivity index (χ0v) is 8.84. The van der Waals surface area contributed by atoms with E-state index in [1.807, 2.05) is 0 Å². The van der Waals surface area contributed by atoms with Crippen molar-refractivity contribution in [3.8, 4) is 0 Å². The van der Waals surface area contributed by atoms with Gasteiger partial charge in [0.05, 0.1) is 0 Å². The summed E-state index contributed by atoms with van der Waals surface area (Å²) >= 11 is 0. The van der Waals surface area contributed by atoms with Crippen LogP contribution in [-0.4, -0.2) is 18.8 Å². The second-order valence-corrected chi connectivity index (χ2v) is 3.40. The van der Waals surface area contributed by atoms with Crippen molar-refractivity contribution in [1.82, 2.24) is 10.6 Å². The van der Waals surface area contributed by atoms with Crippen molar-refractivity contribution in [3.63, 3.8) is 0 Å². The molecule has 0 fully saturated rings. The third kappa shape index (κ3) is 5.64. The molecule has 0 aliphatic carbocycles. The number of halogens is 3. The molecule has 0 atom stereocenters. The highest BCUT2D eigenvalue weighted by Gasteiger charge is 2.27. The summed E-state index contributed by atoms with van der Waals surface area (Å²) in [5.41, 5.74) is 6.75. The number of alkyl halides is 3. The summed E-state index contributed by atoms with van der Waals surface area (Å²) in [5.74, 6) is 0. The molecule has 0 saturated carbocycles. The van der Waals surface area contributed by atoms with Crippen molar-refractivity contribution in [3.05, 3.63) is 29.8 Å². The quantitative estimate of drug-likeness (QED) is 0.711. The highest BCUT2D eigenvalue weighted by molar-refractivity contribution is 5.73. The largest absolute Gasteiger partial charge is 0.405 e. The maximum Gasteiger partial charge on any atom is 0.405 e. The monoisotopic (exact) mass is 247 g/mol. The first kappa shape index (κ1) is 13.1. The smallest absolute Gasteiger partial charge is 0.399 e. The molecule has 0 bridgehead atoms. The van der Waals surface area contributed by atoms with Crippen LogP contribution in [0.5, 0.6) is 0 Å². The molecule has 0 heterocycles. The van der Waals surface area contributed by atoms with Crippen LogP contribution in [0.3, 0.4) is 0 Å². The molecule has 0 unspecified atom stereocenters. The summed E-state index contributed by atoms with van der Waals surface area (Å²) < 4.78 is 35.3. The van der Waals surface area contributed by atoms with Crippen molar-refractivity contribution in [1.29, 1.82) is 0 Å². The van der Waals surface area contributed by atoms with Gasteiger partial charge in [-0.1, -0.05) is 12.1 Å². The van der Waals surface area contributed by atoms with Gasteiger partial charge in [0.25, 0.3) is 0 Å². The van der Waals surface area contributed by atoms with E-state index < -0.39 is 18.8 Å². The van der Waals surface area contributed by atoms with Crippen LogP contribution in [0.2, 0.25) is 0 Å². The van der Waals surface area contributed by atoms with Crippen molar-refractivity contribution in [2.24, 2.45) is 0 Å². The van der Waals surface area contributed by atoms with Crippen molar-refractivity contribution < 1.29 is 18.0 Å². The van der Waals surface area contributed by atoms with Crippen LogP contribution in [0.15, 0.2) is 24.3 Å². The minimum absolute atomic E-state index is 0.120. The highest BCUT2D eigenvalue weighted by atomic mass is 19.4. The lowest BCUT2D eigenvalue weighted by atomic mass is 10.2. The lowest BCUT2D eigenvalue weighted by Crippen LogP contribution is -2.40. The van der Waals surface area contributed by atoms with Gasteiger partial charge in [0.15, 0.2) is 0 Å². The molecule has 1 rings (SSSR count). The van der Waals surface area contributed by atoms with E-state index >= 15 is 0 Å². The van der Waals surface area contributed by atoms with Crippen molar-refractivity contribution in [2.75, 3.05) is 12.3 Å². The first-order chi connectivity index (χ1) is 7.87. The predicted molar refractivity (Wildman–Crippen MR) is 57.1 cm³/mol. The fourth-order valence-corrected chi connectivity index (χ4v) is 1.13. The van der Waals surface area contributed by atoms with Crippen LogP contribution in [0.4, 0.5) is 23.7 Å². The average Bonchev–Trinajstić information content (AvgIpc) is 2.23. The molecule has 1 aromatic rings. The molecule has 2 amide bonds. The zero-order valence-electron chi connectivity index (χ0n) is 8.84. The van der Waals surface area contributed by atoms with E-state index in [-0.39, 0.29) is 6.54 Å². The molecule has 0 radical (unpaired) electrons. The summed E-state index contributed by atoms with van der Waals surface area (Å²) in [5, 5.41) is 3.99. The van der Waals surface area contributed by atoms with E-state index in [0.29, 0.717) is 11.3 Å². The summed E-state index contributed by atoms with van der Waals surface area (Å²) in [4.78, 5) is 11.0. The molecule has 7 heteroatoms. The number of benzene rings is 1. The predicted octanol–water partition coefficient (Wildman–Crippen LogP) is 1.63. The lowest BCUT2D eigenvalue weighted by molar-refractivity contribution is -0.122. The van der Waals surface area contributed by atoms with E-state index in [9.17, 15) is 18.0 Å². The van der Waals surface area contributed by atoms with E-state index in [0.717, 1.165) is 0 Å². The number of anilines is 1. The Morgan fingerprint density at radius 1 is 1.29 bits per heavy atom. The van der Waals surface area contributed by atoms with Crippen LogP contribution in [-0.2, 0) is 6.54 Å². The van der Waals surface area contributed by atoms with Gasteiger partial charge in [0, 0.05) is 12.2 Å². The van der Waals surface area contributed by atoms with Crippen molar-refractivity contribution >= 4 is 11.7 Å². The number of nitrogen functional groups attached to an aromatic ring is 1. The Morgan fingerprint density at radius 3 is 2.59 bits per heavy atom. The average molecular weight is 247 g/mol. The van der Waals surface area contributed by atoms with Gasteiger partial charge in [-0.2, -0.15) is 13.2 Å². The van der Waals surface area contributed by atoms with Gasteiger partial charge >= 0.3 is 12.2 Å². The van der Waals surface area contributed by atoms with E-state index in [4.69, 9.17) is 5.73 Å². The SMILES string of the molecule is Nc1cccc(CNC(=O)NCC(F)(F)F)c1. The molecule has 0 aromatic heterocycles. The van der Waals surface area contributed by atoms with Gasteiger partial charge in [-0.15, -0.1) is 0 Å². The summed E-state index contributed by atoms with van der Waals surface area (Å²) in [6.07, 6.45) is -4.41. The van der Waals surface area contributed by atoms with Gasteiger partial charge in [0.1, 0.15) is 6.54 Å². The molecular formula is C10H12F3N3O. The van der Waals surface area contributed by atoms with E-state index in [2.05, 4.69) is 5.32 Å². The molecule has 17 heavy (non-hydrogen) atoms. The Morgan fingerprint density at radius 2 is 2.00 bits per heavy atom. The van der Waals surface area contributed by atoms with Crippen LogP contribution >= 0.6 is 0 Å². The molecule has 4 nitrogen and oxygen atoms in total. The van der Waals surface area contributed by atoms with Gasteiger partial charge in [-0.25, -0.2) is 4.79 Å². The maximum absolute atomic E-state index is 11.8. The number of nitrogens with two attached hydrogens (primary N) is 1. The van der Waals surface area contributed by atoms with Crippen LogP contribution < -0.4 is 16.4 Å². The first-order valence-corrected chi connectivity index (χ1v) is 4.80. The Labute approximate surface area is 96.0 Å². The van der Waals surface area contributed by atoms with Crippen molar-refractivity contribution in [2.45, 2.75) is 12.7 Å². The summed E-state index contributed by atoms with van der Waals surface area (Å²) in [6, 6.07) is 5.84. The fourth-order valence-electron chi connectivity index (χ4n) is 1.13. The molecule has 0 aliphatic rings. The maximum atomic E-state index is 11.8. The number of carbonyl (C=O) groups is 1. The number of rotatable bonds is 3. The standard InChI is InChI=1S/C10H12F3N3O/c11-10(12,13)6-16-9(17)15-5-7-2-1-3-8(14)4-7/h1-4H,5-6,14H2,(H2,15,16,17). The minimum atomic E-state index is -4.41. The van der Waals surface area contributed by atoms with Crippen LogP contribution in [0.25, 0.3) is 0 Å². The normalized spacial score (nSPS) is 11.0. The lowest BCUT2D eigenvalue weighted by Gasteiger charge is -2.09. The van der Waals surface area contributed by atoms with E-state index in [1.165, 1.54) is 0 Å². The third-order valence-electron chi connectivity index (χ3n) is 1.85. The molecule has 1 aromatic carbocycles. The fraction of sp³-hybridized carbons (Fsp3) is 0.300. The van der Waals surface area contributed by atoms with Gasteiger partial charge in [0.2, 0.25) is 0 Å². The molecular weight excluding hydrogens is 235 g/mol. The Balaban J connectivity index is 2.33. The first-order valence-electron chi connectivity index (χ1n) is 4.80. The number of hydrogen-bond donors (Lipinski definition) is 3. The van der Waals surface area contributed by atoms with E-state index in [1.54, 1.807) is 29.6 Å². The molecule has 0 saturated heterocycles. The Bertz CT molecular complexity index is 393. The van der Waals surface area contributed by atoms with Crippen LogP contribution in [0, 0.1) is 0 Å². The number of amides is 2. The Kier molecular flexibility index (Phi) is 4.19. The number of carbonyl (C=O) groups excluding carboxylic acids is 1. The number of hydrogen-bond acceptors (Lipinski definition) is 2.